The van der Waals surface area contributed by atoms with Gasteiger partial charge in [-0.25, -0.2) is 4.98 Å². The third-order valence-corrected chi connectivity index (χ3v) is 4.48. The summed E-state index contributed by atoms with van der Waals surface area (Å²) < 4.78 is 16.9. The number of pyridine rings is 1. The molecule has 2 N–H and O–H groups in total. The quantitative estimate of drug-likeness (QED) is 0.676. The van der Waals surface area contributed by atoms with Gasteiger partial charge in [0.15, 0.2) is 0 Å². The zero-order chi connectivity index (χ0) is 16.5. The first kappa shape index (κ1) is 16.8. The number of carbonyl (C=O) groups excluding carboxylic acids is 1. The lowest BCUT2D eigenvalue weighted by Gasteiger charge is -2.32. The van der Waals surface area contributed by atoms with E-state index < -0.39 is 18.3 Å². The minimum absolute atomic E-state index is 0.114. The second-order valence-electron chi connectivity index (χ2n) is 6.49. The fraction of sp³-hybridized carbons (Fsp3) is 0.600. The maximum absolute atomic E-state index is 11.8. The number of carbonyl (C=O) groups is 1. The molecule has 1 saturated heterocycles. The summed E-state index contributed by atoms with van der Waals surface area (Å²) >= 11 is 0. The first-order chi connectivity index (χ1) is 10.2. The van der Waals surface area contributed by atoms with Crippen LogP contribution in [0, 0.1) is 0 Å². The molecule has 1 aliphatic heterocycles. The second kappa shape index (κ2) is 5.89. The Bertz CT molecular complexity index is 546. The van der Waals surface area contributed by atoms with Crippen molar-refractivity contribution in [1.29, 1.82) is 0 Å². The van der Waals surface area contributed by atoms with Crippen molar-refractivity contribution in [3.05, 3.63) is 23.9 Å². The van der Waals surface area contributed by atoms with E-state index in [2.05, 4.69) is 4.98 Å². The molecular formula is C15H23BN2O4. The molecule has 7 heteroatoms. The number of aromatic nitrogens is 1. The molecule has 1 aromatic rings. The molecule has 0 aliphatic carbocycles. The molecule has 0 bridgehead atoms. The molecule has 0 aromatic carbocycles. The number of hydrogen-bond donors (Lipinski definition) is 1. The Balaban J connectivity index is 2.35. The van der Waals surface area contributed by atoms with Gasteiger partial charge >= 0.3 is 13.1 Å². The number of esters is 1. The van der Waals surface area contributed by atoms with Crippen LogP contribution in [0.1, 0.15) is 45.5 Å². The summed E-state index contributed by atoms with van der Waals surface area (Å²) in [5, 5.41) is 0. The van der Waals surface area contributed by atoms with Crippen molar-refractivity contribution in [1.82, 2.24) is 4.98 Å². The number of hydrogen-bond acceptors (Lipinski definition) is 6. The highest BCUT2D eigenvalue weighted by molar-refractivity contribution is 6.48. The molecule has 0 saturated carbocycles. The normalized spacial score (nSPS) is 20.7. The lowest BCUT2D eigenvalue weighted by Crippen LogP contribution is -2.41. The zero-order valence-corrected chi connectivity index (χ0v) is 13.8. The SMILES string of the molecule is COC(=O)CC(B1OC(C)(C)C(C)(C)O1)c1cccnc1N. The van der Waals surface area contributed by atoms with Gasteiger partial charge in [0.05, 0.1) is 24.7 Å². The lowest BCUT2D eigenvalue weighted by molar-refractivity contribution is -0.140. The number of rotatable bonds is 4. The van der Waals surface area contributed by atoms with Crippen molar-refractivity contribution in [3.8, 4) is 0 Å². The highest BCUT2D eigenvalue weighted by Gasteiger charge is 2.54. The van der Waals surface area contributed by atoms with E-state index in [-0.39, 0.29) is 18.2 Å². The molecule has 120 valence electrons. The number of ether oxygens (including phenoxy) is 1. The first-order valence-electron chi connectivity index (χ1n) is 7.31. The standard InChI is InChI=1S/C15H23BN2O4/c1-14(2)15(3,4)22-16(21-14)11(9-12(19)20-5)10-7-6-8-18-13(10)17/h6-8,11H,9H2,1-5H3,(H2,17,18). The molecule has 0 radical (unpaired) electrons. The van der Waals surface area contributed by atoms with Gasteiger partial charge in [-0.05, 0) is 39.3 Å². The van der Waals surface area contributed by atoms with Crippen molar-refractivity contribution in [2.24, 2.45) is 0 Å². The van der Waals surface area contributed by atoms with Gasteiger partial charge in [0.25, 0.3) is 0 Å². The van der Waals surface area contributed by atoms with E-state index in [1.807, 2.05) is 33.8 Å². The summed E-state index contributed by atoms with van der Waals surface area (Å²) in [6, 6.07) is 3.61. The van der Waals surface area contributed by atoms with Crippen LogP contribution < -0.4 is 5.73 Å². The van der Waals surface area contributed by atoms with Crippen molar-refractivity contribution < 1.29 is 18.8 Å². The highest BCUT2D eigenvalue weighted by atomic mass is 16.7. The third-order valence-electron chi connectivity index (χ3n) is 4.48. The smallest absolute Gasteiger partial charge is 0.466 e. The molecular weight excluding hydrogens is 283 g/mol. The van der Waals surface area contributed by atoms with E-state index in [4.69, 9.17) is 19.8 Å². The zero-order valence-electron chi connectivity index (χ0n) is 13.8. The fourth-order valence-electron chi connectivity index (χ4n) is 2.41. The Morgan fingerprint density at radius 2 is 1.95 bits per heavy atom. The highest BCUT2D eigenvalue weighted by Crippen LogP contribution is 2.42. The summed E-state index contributed by atoms with van der Waals surface area (Å²) in [7, 11) is 0.770. The largest absolute Gasteiger partial charge is 0.469 e. The average Bonchev–Trinajstić information content (AvgIpc) is 2.65. The monoisotopic (exact) mass is 306 g/mol. The van der Waals surface area contributed by atoms with E-state index in [9.17, 15) is 4.79 Å². The minimum Gasteiger partial charge on any atom is -0.469 e. The van der Waals surface area contributed by atoms with Crippen LogP contribution in [0.5, 0.6) is 0 Å². The molecule has 2 heterocycles. The molecule has 6 nitrogen and oxygen atoms in total. The Labute approximate surface area is 131 Å². The van der Waals surface area contributed by atoms with Crippen molar-refractivity contribution in [2.45, 2.75) is 51.1 Å². The van der Waals surface area contributed by atoms with Crippen LogP contribution in [0.25, 0.3) is 0 Å². The molecule has 1 fully saturated rings. The van der Waals surface area contributed by atoms with Crippen LogP contribution in [0.2, 0.25) is 0 Å². The van der Waals surface area contributed by atoms with E-state index in [1.165, 1.54) is 7.11 Å². The van der Waals surface area contributed by atoms with Crippen LogP contribution in [0.15, 0.2) is 18.3 Å². The summed E-state index contributed by atoms with van der Waals surface area (Å²) in [5.41, 5.74) is 5.73. The number of methoxy groups -OCH3 is 1. The number of anilines is 1. The minimum atomic E-state index is -0.587. The van der Waals surface area contributed by atoms with Gasteiger partial charge in [-0.2, -0.15) is 0 Å². The van der Waals surface area contributed by atoms with Crippen LogP contribution in [-0.4, -0.2) is 36.4 Å². The predicted molar refractivity (Wildman–Crippen MR) is 84.1 cm³/mol. The molecule has 1 aliphatic rings. The van der Waals surface area contributed by atoms with Gasteiger partial charge in [-0.1, -0.05) is 6.07 Å². The molecule has 1 aromatic heterocycles. The van der Waals surface area contributed by atoms with E-state index in [1.54, 1.807) is 12.3 Å². The Hall–Kier alpha value is -1.60. The van der Waals surface area contributed by atoms with Crippen molar-refractivity contribution in [2.75, 3.05) is 12.8 Å². The van der Waals surface area contributed by atoms with Crippen molar-refractivity contribution >= 4 is 18.9 Å². The van der Waals surface area contributed by atoms with Crippen LogP contribution in [0.3, 0.4) is 0 Å². The van der Waals surface area contributed by atoms with Crippen LogP contribution in [-0.2, 0) is 18.8 Å². The Morgan fingerprint density at radius 3 is 2.45 bits per heavy atom. The average molecular weight is 306 g/mol. The van der Waals surface area contributed by atoms with Crippen LogP contribution >= 0.6 is 0 Å². The van der Waals surface area contributed by atoms with E-state index in [0.29, 0.717) is 5.82 Å². The molecule has 22 heavy (non-hydrogen) atoms. The Kier molecular flexibility index (Phi) is 4.49. The van der Waals surface area contributed by atoms with Crippen molar-refractivity contribution in [3.63, 3.8) is 0 Å². The molecule has 1 unspecified atom stereocenters. The number of nitrogens with zero attached hydrogens (tertiary/aromatic N) is 1. The molecule has 1 atom stereocenters. The van der Waals surface area contributed by atoms with E-state index >= 15 is 0 Å². The molecule has 2 rings (SSSR count). The van der Waals surface area contributed by atoms with Gasteiger partial charge in [0, 0.05) is 12.0 Å². The topological polar surface area (TPSA) is 83.7 Å². The van der Waals surface area contributed by atoms with Gasteiger partial charge in [-0.15, -0.1) is 0 Å². The summed E-state index contributed by atoms with van der Waals surface area (Å²) in [6.45, 7) is 7.87. The molecule has 0 amide bonds. The maximum Gasteiger partial charge on any atom is 0.466 e. The maximum atomic E-state index is 11.8. The number of nitrogens with two attached hydrogens (primary N) is 1. The third kappa shape index (κ3) is 3.10. The summed E-state index contributed by atoms with van der Waals surface area (Å²) in [4.78, 5) is 15.9. The summed E-state index contributed by atoms with van der Waals surface area (Å²) in [5.74, 6) is -0.351. The Morgan fingerprint density at radius 1 is 1.36 bits per heavy atom. The first-order valence-corrected chi connectivity index (χ1v) is 7.31. The lowest BCUT2D eigenvalue weighted by atomic mass is 9.66. The second-order valence-corrected chi connectivity index (χ2v) is 6.49. The van der Waals surface area contributed by atoms with Gasteiger partial charge in [-0.3, -0.25) is 4.79 Å². The van der Waals surface area contributed by atoms with E-state index in [0.717, 1.165) is 5.56 Å². The predicted octanol–water partition coefficient (Wildman–Crippen LogP) is 1.94. The van der Waals surface area contributed by atoms with Crippen LogP contribution in [0.4, 0.5) is 5.82 Å². The number of nitrogen functional groups attached to an aromatic ring is 1. The van der Waals surface area contributed by atoms with Gasteiger partial charge < -0.3 is 19.8 Å². The molecule has 0 spiro atoms. The fourth-order valence-corrected chi connectivity index (χ4v) is 2.41. The van der Waals surface area contributed by atoms with Gasteiger partial charge in [0.2, 0.25) is 0 Å². The van der Waals surface area contributed by atoms with Gasteiger partial charge in [0.1, 0.15) is 5.82 Å². The summed E-state index contributed by atoms with van der Waals surface area (Å²) in [6.07, 6.45) is 1.72.